The van der Waals surface area contributed by atoms with Crippen LogP contribution >= 0.6 is 0 Å². The number of aliphatic hydroxyl groups excluding tert-OH is 1. The molecule has 55 heavy (non-hydrogen) atoms. The molecule has 13 heteroatoms. The third kappa shape index (κ3) is 8.41. The molecule has 0 spiro atoms. The molecule has 5 atom stereocenters. The molecule has 2 aromatic carbocycles. The predicted octanol–water partition coefficient (Wildman–Crippen LogP) is 5.21. The van der Waals surface area contributed by atoms with Crippen molar-refractivity contribution in [3.63, 3.8) is 0 Å². The quantitative estimate of drug-likeness (QED) is 0.266. The van der Waals surface area contributed by atoms with E-state index >= 15 is 0 Å². The van der Waals surface area contributed by atoms with Gasteiger partial charge in [-0.3, -0.25) is 19.6 Å². The number of alkyl carbamates (subject to hydrolysis) is 2. The molecule has 1 unspecified atom stereocenters. The molecule has 0 aliphatic carbocycles. The minimum absolute atomic E-state index is 0.118. The lowest BCUT2D eigenvalue weighted by molar-refractivity contribution is -0.135. The lowest BCUT2D eigenvalue weighted by Crippen LogP contribution is -2.55. The number of carbonyl (C=O) groups excluding carboxylic acids is 4. The average Bonchev–Trinajstić information content (AvgIpc) is 4.02. The zero-order chi connectivity index (χ0) is 39.4. The summed E-state index contributed by atoms with van der Waals surface area (Å²) in [6.07, 6.45) is 7.11. The highest BCUT2D eigenvalue weighted by Crippen LogP contribution is 2.33. The van der Waals surface area contributed by atoms with Gasteiger partial charge in [-0.15, -0.1) is 0 Å². The van der Waals surface area contributed by atoms with Crippen LogP contribution in [0.25, 0.3) is 22.3 Å². The number of aliphatic imine (C=N–C) groups is 2. The molecule has 13 nitrogen and oxygen atoms in total. The smallest absolute Gasteiger partial charge is 0.407 e. The molecule has 2 aromatic rings. The van der Waals surface area contributed by atoms with Gasteiger partial charge in [0, 0.05) is 49.8 Å². The van der Waals surface area contributed by atoms with Crippen molar-refractivity contribution in [1.29, 1.82) is 0 Å². The van der Waals surface area contributed by atoms with Crippen LogP contribution in [0.2, 0.25) is 0 Å². The highest BCUT2D eigenvalue weighted by Gasteiger charge is 2.43. The van der Waals surface area contributed by atoms with Crippen LogP contribution in [-0.4, -0.2) is 108 Å². The van der Waals surface area contributed by atoms with Gasteiger partial charge in [0.1, 0.15) is 12.1 Å². The number of amides is 4. The van der Waals surface area contributed by atoms with E-state index in [1.165, 1.54) is 14.2 Å². The summed E-state index contributed by atoms with van der Waals surface area (Å²) in [4.78, 5) is 63.8. The molecule has 0 saturated carbocycles. The Bertz CT molecular complexity index is 1950. The third-order valence-corrected chi connectivity index (χ3v) is 10.7. The minimum atomic E-state index is -0.781. The van der Waals surface area contributed by atoms with E-state index in [0.717, 1.165) is 44.8 Å². The maximum atomic E-state index is 13.6. The van der Waals surface area contributed by atoms with Crippen molar-refractivity contribution >= 4 is 46.6 Å². The lowest BCUT2D eigenvalue weighted by Gasteiger charge is -2.31. The summed E-state index contributed by atoms with van der Waals surface area (Å²) in [5.74, 6) is -0.724. The van der Waals surface area contributed by atoms with Gasteiger partial charge in [0.2, 0.25) is 11.8 Å². The summed E-state index contributed by atoms with van der Waals surface area (Å²) in [5.41, 5.74) is 7.83. The molecule has 290 valence electrons. The Kier molecular flexibility index (Phi) is 12.0. The number of benzene rings is 2. The number of carbonyl (C=O) groups is 4. The molecule has 0 aromatic heterocycles. The molecule has 1 fully saturated rings. The molecular weight excluding hydrogens is 700 g/mol. The van der Waals surface area contributed by atoms with Gasteiger partial charge in [0.25, 0.3) is 0 Å². The molecular formula is C42H50N6O7. The first-order chi connectivity index (χ1) is 26.4. The highest BCUT2D eigenvalue weighted by molar-refractivity contribution is 6.06. The van der Waals surface area contributed by atoms with Gasteiger partial charge in [-0.25, -0.2) is 9.59 Å². The summed E-state index contributed by atoms with van der Waals surface area (Å²) in [7, 11) is 2.54. The van der Waals surface area contributed by atoms with Crippen LogP contribution in [0.5, 0.6) is 0 Å². The summed E-state index contributed by atoms with van der Waals surface area (Å²) in [5, 5.41) is 16.3. The molecule has 3 N–H and O–H groups in total. The normalized spacial score (nSPS) is 21.6. The number of likely N-dealkylation sites (tertiary alicyclic amines) is 1. The number of nitrogens with zero attached hydrogens (tertiary/aromatic N) is 4. The largest absolute Gasteiger partial charge is 0.453 e. The Balaban J connectivity index is 1.05. The van der Waals surface area contributed by atoms with E-state index in [-0.39, 0.29) is 29.7 Å². The van der Waals surface area contributed by atoms with Crippen molar-refractivity contribution < 1.29 is 33.8 Å². The first kappa shape index (κ1) is 39.1. The first-order valence-electron chi connectivity index (χ1n) is 18.8. The van der Waals surface area contributed by atoms with Gasteiger partial charge in [0.05, 0.1) is 32.4 Å². The minimum Gasteiger partial charge on any atom is -0.453 e. The van der Waals surface area contributed by atoms with E-state index in [2.05, 4.69) is 64.2 Å². The van der Waals surface area contributed by atoms with Crippen molar-refractivity contribution in [2.75, 3.05) is 27.3 Å². The van der Waals surface area contributed by atoms with Crippen LogP contribution in [0, 0.1) is 11.8 Å². The zero-order valence-corrected chi connectivity index (χ0v) is 32.2. The van der Waals surface area contributed by atoms with E-state index in [1.807, 2.05) is 52.2 Å². The Labute approximate surface area is 321 Å². The molecule has 4 aliphatic heterocycles. The monoisotopic (exact) mass is 750 g/mol. The van der Waals surface area contributed by atoms with Crippen LogP contribution in [-0.2, 0) is 19.1 Å². The fourth-order valence-corrected chi connectivity index (χ4v) is 7.58. The summed E-state index contributed by atoms with van der Waals surface area (Å²) >= 11 is 0. The Morgan fingerprint density at radius 1 is 0.709 bits per heavy atom. The van der Waals surface area contributed by atoms with E-state index in [1.54, 1.807) is 9.80 Å². The number of aliphatic hydroxyl groups is 1. The lowest BCUT2D eigenvalue weighted by atomic mass is 9.94. The number of allylic oxidation sites excluding steroid dienone is 2. The second kappa shape index (κ2) is 16.8. The second-order valence-electron chi connectivity index (χ2n) is 15.0. The molecule has 0 radical (unpaired) electrons. The summed E-state index contributed by atoms with van der Waals surface area (Å²) < 4.78 is 9.48. The van der Waals surface area contributed by atoms with Crippen molar-refractivity contribution in [3.8, 4) is 11.1 Å². The number of nitrogens with one attached hydrogen (secondary N) is 2. The van der Waals surface area contributed by atoms with Crippen molar-refractivity contribution in [3.05, 3.63) is 84.2 Å². The Morgan fingerprint density at radius 2 is 1.16 bits per heavy atom. The van der Waals surface area contributed by atoms with Crippen molar-refractivity contribution in [2.24, 2.45) is 21.8 Å². The van der Waals surface area contributed by atoms with E-state index in [0.29, 0.717) is 32.4 Å². The summed E-state index contributed by atoms with van der Waals surface area (Å²) in [6.45, 7) is 8.31. The van der Waals surface area contributed by atoms with Crippen LogP contribution in [0.4, 0.5) is 9.59 Å². The Hall–Kier alpha value is -5.56. The fraction of sp³-hybridized carbons (Fsp3) is 0.429. The van der Waals surface area contributed by atoms with Crippen LogP contribution in [0.1, 0.15) is 58.1 Å². The molecule has 0 bridgehead atoms. The van der Waals surface area contributed by atoms with Crippen molar-refractivity contribution in [1.82, 2.24) is 20.4 Å². The van der Waals surface area contributed by atoms with Gasteiger partial charge in [-0.1, -0.05) is 88.4 Å². The standard InChI is InChI=1S/C42H50N6O7/c1-24(2)36(45-41(52)54-5)39(50)47-18-7-8-34(47)32-20-30(22-43-32)28-13-9-26(10-14-28)27-11-15-29(16-12-27)31-21-33(44-23-31)38-35(49)17-19-48(38)40(51)37(25(3)4)46-42(53)55-6/h7-16,22-25,34-38,49H,17-21H2,1-6H3,(H,45,52)(H,46,53)/t34-,35?,36-,37-,38+/m0/s1. The van der Waals surface area contributed by atoms with Crippen LogP contribution < -0.4 is 10.6 Å². The number of hydrogen-bond acceptors (Lipinski definition) is 9. The topological polar surface area (TPSA) is 162 Å². The third-order valence-electron chi connectivity index (χ3n) is 10.7. The summed E-state index contributed by atoms with van der Waals surface area (Å²) in [6, 6.07) is 14.3. The molecule has 1 saturated heterocycles. The molecule has 4 amide bonds. The maximum Gasteiger partial charge on any atom is 0.407 e. The fourth-order valence-electron chi connectivity index (χ4n) is 7.58. The molecule has 4 aliphatic rings. The van der Waals surface area contributed by atoms with E-state index < -0.39 is 36.4 Å². The van der Waals surface area contributed by atoms with Gasteiger partial charge in [-0.2, -0.15) is 0 Å². The van der Waals surface area contributed by atoms with Gasteiger partial charge >= 0.3 is 12.2 Å². The predicted molar refractivity (Wildman–Crippen MR) is 211 cm³/mol. The van der Waals surface area contributed by atoms with Gasteiger partial charge < -0.3 is 35.0 Å². The second-order valence-corrected chi connectivity index (χ2v) is 15.0. The van der Waals surface area contributed by atoms with Gasteiger partial charge in [0.15, 0.2) is 0 Å². The Morgan fingerprint density at radius 3 is 1.65 bits per heavy atom. The molecule has 6 rings (SSSR count). The van der Waals surface area contributed by atoms with Crippen LogP contribution in [0.15, 0.2) is 83.1 Å². The number of methoxy groups -OCH3 is 2. The highest BCUT2D eigenvalue weighted by atomic mass is 16.5. The van der Waals surface area contributed by atoms with Crippen molar-refractivity contribution in [2.45, 2.75) is 77.2 Å². The first-order valence-corrected chi connectivity index (χ1v) is 18.8. The number of ether oxygens (including phenoxy) is 2. The number of rotatable bonds is 11. The maximum absolute atomic E-state index is 13.6. The van der Waals surface area contributed by atoms with E-state index in [4.69, 9.17) is 14.5 Å². The number of hydrogen-bond donors (Lipinski definition) is 3. The zero-order valence-electron chi connectivity index (χ0n) is 32.2. The molecule has 4 heterocycles. The van der Waals surface area contributed by atoms with Crippen LogP contribution in [0.3, 0.4) is 0 Å². The SMILES string of the molecule is COC(=O)N[C@H](C(=O)N1CCC(O)[C@H]1C1=NC=C(c2ccc(-c3ccc(C4=CN=C([C@@H]5C=CCN5C(=O)[C@@H](NC(=O)OC)C(C)C)C4)cc3)cc2)C1)C(C)C. The van der Waals surface area contributed by atoms with E-state index in [9.17, 15) is 24.3 Å². The van der Waals surface area contributed by atoms with Gasteiger partial charge in [-0.05, 0) is 51.7 Å². The average molecular weight is 751 g/mol.